The van der Waals surface area contributed by atoms with Crippen LogP contribution in [0.25, 0.3) is 0 Å². The lowest BCUT2D eigenvalue weighted by Gasteiger charge is -2.16. The fraction of sp³-hybridized carbons (Fsp3) is 0.759. The molecular formula is C58H98O4S. The summed E-state index contributed by atoms with van der Waals surface area (Å²) in [5, 5.41) is 23.3. The highest BCUT2D eigenvalue weighted by Gasteiger charge is 2.22. The second-order valence-electron chi connectivity index (χ2n) is 19.2. The number of benzene rings is 2. The number of Topliss-reactive ketones (excluding diaryl/α,β-unsaturated/α-hetero) is 2. The Bertz CT molecular complexity index is 1340. The average molecular weight is 891 g/mol. The molecule has 63 heavy (non-hydrogen) atoms. The molecule has 2 aromatic rings. The van der Waals surface area contributed by atoms with Gasteiger partial charge in [-0.2, -0.15) is 0 Å². The number of phenols is 2. The normalized spacial score (nSPS) is 11.5. The van der Waals surface area contributed by atoms with E-state index in [1.165, 1.54) is 166 Å². The Morgan fingerprint density at radius 1 is 0.349 bits per heavy atom. The maximum Gasteiger partial charge on any atom is 0.166 e. The molecule has 0 fully saturated rings. The molecule has 0 bridgehead atoms. The first-order valence-corrected chi connectivity index (χ1v) is 28.1. The first kappa shape index (κ1) is 56.9. The smallest absolute Gasteiger partial charge is 0.166 e. The number of rotatable bonds is 44. The molecule has 0 spiro atoms. The van der Waals surface area contributed by atoms with E-state index in [1.54, 1.807) is 0 Å². The van der Waals surface area contributed by atoms with Gasteiger partial charge in [0, 0.05) is 12.8 Å². The monoisotopic (exact) mass is 891 g/mol. The summed E-state index contributed by atoms with van der Waals surface area (Å²) in [6.45, 7) is 8.94. The molecular weight excluding hydrogens is 793 g/mol. The van der Waals surface area contributed by atoms with Crippen LogP contribution in [-0.2, 0) is 12.8 Å². The first-order valence-electron chi connectivity index (χ1n) is 27.3. The molecule has 0 saturated carbocycles. The van der Waals surface area contributed by atoms with Crippen LogP contribution in [0, 0.1) is 0 Å². The maximum absolute atomic E-state index is 13.7. The Hall–Kier alpha value is -2.27. The van der Waals surface area contributed by atoms with Gasteiger partial charge in [-0.1, -0.05) is 245 Å². The zero-order valence-electron chi connectivity index (χ0n) is 41.7. The summed E-state index contributed by atoms with van der Waals surface area (Å²) in [5.74, 6) is 0.00918. The highest BCUT2D eigenvalue weighted by molar-refractivity contribution is 7.99. The molecule has 0 heterocycles. The summed E-state index contributed by atoms with van der Waals surface area (Å²) in [7, 11) is 0. The van der Waals surface area contributed by atoms with E-state index in [-0.39, 0.29) is 23.1 Å². The van der Waals surface area contributed by atoms with Crippen LogP contribution in [0.4, 0.5) is 0 Å². The molecule has 0 unspecified atom stereocenters. The number of aryl methyl sites for hydroxylation is 2. The number of hydrogen-bond donors (Lipinski definition) is 2. The van der Waals surface area contributed by atoms with E-state index >= 15 is 0 Å². The maximum atomic E-state index is 13.7. The number of ketones is 2. The van der Waals surface area contributed by atoms with Gasteiger partial charge in [-0.3, -0.25) is 9.59 Å². The first-order chi connectivity index (χ1) is 30.9. The third-order valence-corrected chi connectivity index (χ3v) is 14.3. The summed E-state index contributed by atoms with van der Waals surface area (Å²) in [4.78, 5) is 28.6. The van der Waals surface area contributed by atoms with E-state index in [9.17, 15) is 19.8 Å². The predicted octanol–water partition coefficient (Wildman–Crippen LogP) is 19.6. The molecule has 2 N–H and O–H groups in total. The van der Waals surface area contributed by atoms with Crippen LogP contribution in [0.15, 0.2) is 34.1 Å². The van der Waals surface area contributed by atoms with E-state index in [2.05, 4.69) is 27.7 Å². The lowest BCUT2D eigenvalue weighted by molar-refractivity contribution is 0.0967. The van der Waals surface area contributed by atoms with Crippen molar-refractivity contribution in [1.29, 1.82) is 0 Å². The minimum absolute atomic E-state index is 0.00158. The lowest BCUT2D eigenvalue weighted by Crippen LogP contribution is -2.03. The van der Waals surface area contributed by atoms with Gasteiger partial charge in [-0.25, -0.2) is 0 Å². The van der Waals surface area contributed by atoms with Crippen LogP contribution in [-0.4, -0.2) is 21.8 Å². The van der Waals surface area contributed by atoms with Gasteiger partial charge in [0.2, 0.25) is 0 Å². The third kappa shape index (κ3) is 27.1. The van der Waals surface area contributed by atoms with Crippen LogP contribution < -0.4 is 0 Å². The Morgan fingerprint density at radius 2 is 0.587 bits per heavy atom. The Labute approximate surface area is 393 Å². The molecule has 5 heteroatoms. The fourth-order valence-corrected chi connectivity index (χ4v) is 10.1. The molecule has 0 amide bonds. The molecule has 0 saturated heterocycles. The Kier molecular flexibility index (Phi) is 35.2. The number of carbonyl (C=O) groups excluding carboxylic acids is 2. The van der Waals surface area contributed by atoms with Gasteiger partial charge in [-0.15, -0.1) is 0 Å². The average Bonchev–Trinajstić information content (AvgIpc) is 3.28. The zero-order valence-corrected chi connectivity index (χ0v) is 42.5. The number of unbranched alkanes of at least 4 members (excludes halogenated alkanes) is 32. The van der Waals surface area contributed by atoms with E-state index in [0.717, 1.165) is 101 Å². The second kappa shape index (κ2) is 38.9. The van der Waals surface area contributed by atoms with Gasteiger partial charge in [0.05, 0.1) is 20.9 Å². The van der Waals surface area contributed by atoms with Crippen molar-refractivity contribution in [3.8, 4) is 11.5 Å². The van der Waals surface area contributed by atoms with Gasteiger partial charge < -0.3 is 10.2 Å². The van der Waals surface area contributed by atoms with Crippen molar-refractivity contribution in [1.82, 2.24) is 0 Å². The predicted molar refractivity (Wildman–Crippen MR) is 275 cm³/mol. The SMILES string of the molecule is CCCCCCCCCCCCCCCCCC(=O)c1cc(CCCCC)cc(Sc2cc(CCCCC)cc(C(=O)CCCCCCCCCCCCCCCCC)c2O)c1O. The molecule has 0 aliphatic heterocycles. The van der Waals surface area contributed by atoms with Crippen molar-refractivity contribution in [2.24, 2.45) is 0 Å². The molecule has 4 nitrogen and oxygen atoms in total. The number of hydrogen-bond acceptors (Lipinski definition) is 5. The summed E-state index contributed by atoms with van der Waals surface area (Å²) in [6.07, 6.45) is 47.6. The highest BCUT2D eigenvalue weighted by Crippen LogP contribution is 2.44. The van der Waals surface area contributed by atoms with Crippen LogP contribution in [0.2, 0.25) is 0 Å². The number of phenolic OH excluding ortho intramolecular Hbond substituents is 2. The van der Waals surface area contributed by atoms with Crippen molar-refractivity contribution < 1.29 is 19.8 Å². The number of aromatic hydroxyl groups is 2. The zero-order chi connectivity index (χ0) is 45.6. The Morgan fingerprint density at radius 3 is 0.857 bits per heavy atom. The van der Waals surface area contributed by atoms with Crippen molar-refractivity contribution in [2.45, 2.75) is 294 Å². The largest absolute Gasteiger partial charge is 0.506 e. The van der Waals surface area contributed by atoms with Gasteiger partial charge in [0.25, 0.3) is 0 Å². The molecule has 0 aromatic heterocycles. The Balaban J connectivity index is 1.96. The number of carbonyl (C=O) groups is 2. The topological polar surface area (TPSA) is 74.6 Å². The van der Waals surface area contributed by atoms with Gasteiger partial charge in [-0.05, 0) is 73.9 Å². The van der Waals surface area contributed by atoms with Crippen molar-refractivity contribution in [3.63, 3.8) is 0 Å². The van der Waals surface area contributed by atoms with Crippen LogP contribution in [0.1, 0.15) is 304 Å². The van der Waals surface area contributed by atoms with E-state index < -0.39 is 0 Å². The molecule has 0 aliphatic carbocycles. The second-order valence-corrected chi connectivity index (χ2v) is 20.3. The lowest BCUT2D eigenvalue weighted by atomic mass is 9.98. The van der Waals surface area contributed by atoms with Gasteiger partial charge in [0.1, 0.15) is 11.5 Å². The van der Waals surface area contributed by atoms with Gasteiger partial charge >= 0.3 is 0 Å². The summed E-state index contributed by atoms with van der Waals surface area (Å²) >= 11 is 1.30. The van der Waals surface area contributed by atoms with E-state index in [0.29, 0.717) is 33.8 Å². The molecule has 0 atom stereocenters. The van der Waals surface area contributed by atoms with Crippen molar-refractivity contribution in [2.75, 3.05) is 0 Å². The minimum atomic E-state index is -0.00158. The summed E-state index contributed by atoms with van der Waals surface area (Å²) in [5.41, 5.74) is 2.90. The van der Waals surface area contributed by atoms with Crippen molar-refractivity contribution in [3.05, 3.63) is 46.5 Å². The standard InChI is InChI=1S/C58H98O4S/c1-5-9-13-15-17-19-21-23-25-27-29-31-33-35-39-43-53(59)51-45-49(41-37-11-7-3)47-55(57(51)61)63-56-48-50(42-38-12-8-4)46-52(58(56)62)54(60)44-40-36-34-32-30-28-26-24-22-20-18-16-14-10-6-2/h45-48,61-62H,5-44H2,1-4H3. The quantitative estimate of drug-likeness (QED) is 0.0512. The molecule has 2 rings (SSSR count). The summed E-state index contributed by atoms with van der Waals surface area (Å²) < 4.78 is 0. The highest BCUT2D eigenvalue weighted by atomic mass is 32.2. The fourth-order valence-electron chi connectivity index (χ4n) is 9.06. The van der Waals surface area contributed by atoms with Crippen LogP contribution >= 0.6 is 11.8 Å². The molecule has 0 aliphatic rings. The molecule has 0 radical (unpaired) electrons. The third-order valence-electron chi connectivity index (χ3n) is 13.2. The van der Waals surface area contributed by atoms with Gasteiger partial charge in [0.15, 0.2) is 11.6 Å². The van der Waals surface area contributed by atoms with Crippen LogP contribution in [0.3, 0.4) is 0 Å². The van der Waals surface area contributed by atoms with Crippen LogP contribution in [0.5, 0.6) is 11.5 Å². The molecule has 2 aromatic carbocycles. The van der Waals surface area contributed by atoms with E-state index in [4.69, 9.17) is 0 Å². The minimum Gasteiger partial charge on any atom is -0.506 e. The summed E-state index contributed by atoms with van der Waals surface area (Å²) in [6, 6.07) is 7.83. The van der Waals surface area contributed by atoms with Crippen molar-refractivity contribution >= 4 is 23.3 Å². The van der Waals surface area contributed by atoms with E-state index in [1.807, 2.05) is 24.3 Å². The molecule has 360 valence electrons.